The Morgan fingerprint density at radius 3 is 2.53 bits per heavy atom. The van der Waals surface area contributed by atoms with Crippen molar-refractivity contribution in [3.05, 3.63) is 12.2 Å². The van der Waals surface area contributed by atoms with Gasteiger partial charge in [-0.25, -0.2) is 4.79 Å². The van der Waals surface area contributed by atoms with Gasteiger partial charge in [-0.2, -0.15) is 0 Å². The standard InChI is InChI=1S/C13H22O2/c1-4-15-12(14)6-5-11-7-9-13(2,3)10-8-11/h5-6,11H,4,7-10H2,1-3H3/b6-5+. The van der Waals surface area contributed by atoms with E-state index in [1.54, 1.807) is 6.08 Å². The summed E-state index contributed by atoms with van der Waals surface area (Å²) in [5.74, 6) is 0.366. The summed E-state index contributed by atoms with van der Waals surface area (Å²) >= 11 is 0. The molecule has 0 aromatic heterocycles. The normalized spacial score (nSPS) is 21.8. The van der Waals surface area contributed by atoms with E-state index >= 15 is 0 Å². The number of hydrogen-bond acceptors (Lipinski definition) is 2. The first-order valence-electron chi connectivity index (χ1n) is 5.88. The summed E-state index contributed by atoms with van der Waals surface area (Å²) in [4.78, 5) is 11.1. The summed E-state index contributed by atoms with van der Waals surface area (Å²) in [5, 5.41) is 0. The fourth-order valence-electron chi connectivity index (χ4n) is 2.02. The predicted molar refractivity (Wildman–Crippen MR) is 61.5 cm³/mol. The molecule has 0 radical (unpaired) electrons. The highest BCUT2D eigenvalue weighted by atomic mass is 16.5. The number of esters is 1. The molecule has 2 heteroatoms. The molecule has 0 saturated heterocycles. The fraction of sp³-hybridized carbons (Fsp3) is 0.769. The summed E-state index contributed by atoms with van der Waals surface area (Å²) in [6, 6.07) is 0. The third kappa shape index (κ3) is 4.50. The van der Waals surface area contributed by atoms with E-state index in [2.05, 4.69) is 13.8 Å². The van der Waals surface area contributed by atoms with Gasteiger partial charge in [-0.15, -0.1) is 0 Å². The lowest BCUT2D eigenvalue weighted by Crippen LogP contribution is -2.20. The Labute approximate surface area is 92.7 Å². The topological polar surface area (TPSA) is 26.3 Å². The van der Waals surface area contributed by atoms with Crippen molar-refractivity contribution >= 4 is 5.97 Å². The number of hydrogen-bond donors (Lipinski definition) is 0. The lowest BCUT2D eigenvalue weighted by Gasteiger charge is -2.32. The maximum absolute atomic E-state index is 11.1. The molecule has 1 rings (SSSR count). The van der Waals surface area contributed by atoms with Crippen LogP contribution in [0.1, 0.15) is 46.5 Å². The molecule has 1 fully saturated rings. The molecule has 15 heavy (non-hydrogen) atoms. The number of ether oxygens (including phenoxy) is 1. The van der Waals surface area contributed by atoms with Gasteiger partial charge in [-0.3, -0.25) is 0 Å². The molecule has 0 aromatic rings. The van der Waals surface area contributed by atoms with Gasteiger partial charge in [-0.05, 0) is 43.9 Å². The maximum Gasteiger partial charge on any atom is 0.330 e. The molecule has 0 N–H and O–H groups in total. The van der Waals surface area contributed by atoms with Gasteiger partial charge in [0.2, 0.25) is 0 Å². The van der Waals surface area contributed by atoms with Crippen LogP contribution in [0, 0.1) is 11.3 Å². The van der Waals surface area contributed by atoms with Crippen LogP contribution in [-0.4, -0.2) is 12.6 Å². The lowest BCUT2D eigenvalue weighted by atomic mass is 9.73. The second-order valence-electron chi connectivity index (χ2n) is 5.11. The van der Waals surface area contributed by atoms with Crippen LogP contribution < -0.4 is 0 Å². The monoisotopic (exact) mass is 210 g/mol. The van der Waals surface area contributed by atoms with Crippen LogP contribution in [0.15, 0.2) is 12.2 Å². The minimum atomic E-state index is -0.206. The van der Waals surface area contributed by atoms with Gasteiger partial charge in [0.1, 0.15) is 0 Å². The van der Waals surface area contributed by atoms with Crippen molar-refractivity contribution in [3.63, 3.8) is 0 Å². The van der Waals surface area contributed by atoms with Gasteiger partial charge in [0.15, 0.2) is 0 Å². The molecule has 0 bridgehead atoms. The highest BCUT2D eigenvalue weighted by Gasteiger charge is 2.25. The smallest absolute Gasteiger partial charge is 0.330 e. The quantitative estimate of drug-likeness (QED) is 0.527. The minimum Gasteiger partial charge on any atom is -0.463 e. The zero-order valence-corrected chi connectivity index (χ0v) is 10.1. The van der Waals surface area contributed by atoms with Crippen LogP contribution in [0.3, 0.4) is 0 Å². The molecule has 1 aliphatic carbocycles. The number of allylic oxidation sites excluding steroid dienone is 1. The Balaban J connectivity index is 2.32. The van der Waals surface area contributed by atoms with E-state index in [1.165, 1.54) is 25.7 Å². The van der Waals surface area contributed by atoms with Gasteiger partial charge in [0.25, 0.3) is 0 Å². The number of rotatable bonds is 3. The Morgan fingerprint density at radius 1 is 1.40 bits per heavy atom. The maximum atomic E-state index is 11.1. The van der Waals surface area contributed by atoms with Crippen LogP contribution in [-0.2, 0) is 9.53 Å². The Morgan fingerprint density at radius 2 is 2.00 bits per heavy atom. The van der Waals surface area contributed by atoms with E-state index in [1.807, 2.05) is 13.0 Å². The summed E-state index contributed by atoms with van der Waals surface area (Å²) < 4.78 is 4.85. The molecule has 86 valence electrons. The second-order valence-corrected chi connectivity index (χ2v) is 5.11. The molecule has 0 amide bonds. The lowest BCUT2D eigenvalue weighted by molar-refractivity contribution is -0.137. The Bertz CT molecular complexity index is 231. The molecule has 0 unspecified atom stereocenters. The van der Waals surface area contributed by atoms with Gasteiger partial charge in [0, 0.05) is 6.08 Å². The van der Waals surface area contributed by atoms with Crippen molar-refractivity contribution in [2.45, 2.75) is 46.5 Å². The summed E-state index contributed by atoms with van der Waals surface area (Å²) in [5.41, 5.74) is 0.494. The molecular formula is C13H22O2. The first kappa shape index (κ1) is 12.3. The van der Waals surface area contributed by atoms with Crippen molar-refractivity contribution < 1.29 is 9.53 Å². The average Bonchev–Trinajstić information content (AvgIpc) is 2.17. The SMILES string of the molecule is CCOC(=O)/C=C/C1CCC(C)(C)CC1. The van der Waals surface area contributed by atoms with Crippen LogP contribution in [0.2, 0.25) is 0 Å². The molecular weight excluding hydrogens is 188 g/mol. The fourth-order valence-corrected chi connectivity index (χ4v) is 2.02. The van der Waals surface area contributed by atoms with E-state index in [0.717, 1.165) is 0 Å². The average molecular weight is 210 g/mol. The summed E-state index contributed by atoms with van der Waals surface area (Å²) in [6.07, 6.45) is 8.52. The van der Waals surface area contributed by atoms with Crippen LogP contribution in [0.5, 0.6) is 0 Å². The van der Waals surface area contributed by atoms with E-state index in [9.17, 15) is 4.79 Å². The second kappa shape index (κ2) is 5.34. The largest absolute Gasteiger partial charge is 0.463 e. The van der Waals surface area contributed by atoms with Gasteiger partial charge in [0.05, 0.1) is 6.61 Å². The van der Waals surface area contributed by atoms with Crippen LogP contribution in [0.25, 0.3) is 0 Å². The first-order chi connectivity index (χ1) is 7.03. The Hall–Kier alpha value is -0.790. The predicted octanol–water partition coefficient (Wildman–Crippen LogP) is 3.32. The van der Waals surface area contributed by atoms with E-state index in [4.69, 9.17) is 4.74 Å². The number of carbonyl (C=O) groups excluding carboxylic acids is 1. The van der Waals surface area contributed by atoms with Crippen molar-refractivity contribution in [1.82, 2.24) is 0 Å². The Kier molecular flexibility index (Phi) is 4.37. The summed E-state index contributed by atoms with van der Waals surface area (Å²) in [6.45, 7) is 6.92. The van der Waals surface area contributed by atoms with Crippen molar-refractivity contribution in [2.24, 2.45) is 11.3 Å². The third-order valence-electron chi connectivity index (χ3n) is 3.17. The molecule has 0 heterocycles. The minimum absolute atomic E-state index is 0.206. The molecule has 0 aliphatic heterocycles. The highest BCUT2D eigenvalue weighted by molar-refractivity contribution is 5.81. The highest BCUT2D eigenvalue weighted by Crippen LogP contribution is 2.38. The first-order valence-corrected chi connectivity index (χ1v) is 5.88. The molecule has 0 atom stereocenters. The van der Waals surface area contributed by atoms with Crippen molar-refractivity contribution in [2.75, 3.05) is 6.61 Å². The zero-order chi connectivity index (χ0) is 11.3. The van der Waals surface area contributed by atoms with Crippen molar-refractivity contribution in [1.29, 1.82) is 0 Å². The van der Waals surface area contributed by atoms with E-state index in [0.29, 0.717) is 17.9 Å². The zero-order valence-electron chi connectivity index (χ0n) is 10.1. The van der Waals surface area contributed by atoms with E-state index < -0.39 is 0 Å². The van der Waals surface area contributed by atoms with Gasteiger partial charge >= 0.3 is 5.97 Å². The summed E-state index contributed by atoms with van der Waals surface area (Å²) in [7, 11) is 0. The van der Waals surface area contributed by atoms with Gasteiger partial charge in [-0.1, -0.05) is 19.9 Å². The van der Waals surface area contributed by atoms with Crippen LogP contribution >= 0.6 is 0 Å². The molecule has 0 spiro atoms. The third-order valence-corrected chi connectivity index (χ3v) is 3.17. The molecule has 1 aliphatic rings. The van der Waals surface area contributed by atoms with Gasteiger partial charge < -0.3 is 4.74 Å². The number of carbonyl (C=O) groups is 1. The van der Waals surface area contributed by atoms with E-state index in [-0.39, 0.29) is 5.97 Å². The molecule has 0 aromatic carbocycles. The molecule has 2 nitrogen and oxygen atoms in total. The van der Waals surface area contributed by atoms with Crippen LogP contribution in [0.4, 0.5) is 0 Å². The van der Waals surface area contributed by atoms with Crippen molar-refractivity contribution in [3.8, 4) is 0 Å². The molecule has 1 saturated carbocycles.